The summed E-state index contributed by atoms with van der Waals surface area (Å²) in [6, 6.07) is 2.94. The molecule has 1 aromatic carbocycles. The average Bonchev–Trinajstić information content (AvgIpc) is 3.44. The van der Waals surface area contributed by atoms with Crippen LogP contribution in [0.4, 0.5) is 0 Å². The van der Waals surface area contributed by atoms with Gasteiger partial charge in [-0.25, -0.2) is 19.4 Å². The number of nitrogens with zero attached hydrogens (tertiary/aromatic N) is 4. The molecule has 1 aliphatic carbocycles. The summed E-state index contributed by atoms with van der Waals surface area (Å²) >= 11 is 0. The van der Waals surface area contributed by atoms with Crippen LogP contribution in [0.1, 0.15) is 89.2 Å². The first-order valence-corrected chi connectivity index (χ1v) is 16.1. The van der Waals surface area contributed by atoms with Crippen molar-refractivity contribution in [3.63, 3.8) is 0 Å². The summed E-state index contributed by atoms with van der Waals surface area (Å²) < 4.78 is 8.24. The minimum atomic E-state index is -1.98. The lowest BCUT2D eigenvalue weighted by atomic mass is 9.86. The number of aromatic nitrogens is 4. The third-order valence-corrected chi connectivity index (χ3v) is 12.5. The lowest BCUT2D eigenvalue weighted by Crippen LogP contribution is -2.44. The summed E-state index contributed by atoms with van der Waals surface area (Å²) in [7, 11) is -1.98. The second-order valence-electron chi connectivity index (χ2n) is 13.3. The van der Waals surface area contributed by atoms with Gasteiger partial charge in [0, 0.05) is 30.3 Å². The topological polar surface area (TPSA) is 107 Å². The third kappa shape index (κ3) is 4.93. The van der Waals surface area contributed by atoms with Crippen LogP contribution in [0.2, 0.25) is 18.1 Å². The summed E-state index contributed by atoms with van der Waals surface area (Å²) in [6.07, 6.45) is 5.46. The quantitative estimate of drug-likeness (QED) is 0.265. The molecule has 0 bridgehead atoms. The standard InChI is InChI=1S/C29H40N4O4Si/c1-17-13-19(14-21-22(18(2)34)32-33(23(17)21)24(25(35)36)27(3,4)5)20-15-30-26(31-16-20)29(11-12-29)37-38(9,10)28(6,7)8/h13-16,24H,11-12H2,1-10H3,(H,35,36). The van der Waals surface area contributed by atoms with E-state index in [4.69, 9.17) is 14.4 Å². The summed E-state index contributed by atoms with van der Waals surface area (Å²) in [5.74, 6) is -0.484. The van der Waals surface area contributed by atoms with Gasteiger partial charge in [0.05, 0.1) is 5.52 Å². The molecule has 38 heavy (non-hydrogen) atoms. The fourth-order valence-electron chi connectivity index (χ4n) is 4.77. The number of carboxylic acid groups (broad SMARTS) is 1. The molecule has 1 fully saturated rings. The molecule has 1 aliphatic rings. The average molecular weight is 537 g/mol. The molecule has 1 atom stereocenters. The second kappa shape index (κ2) is 9.09. The maximum atomic E-state index is 12.6. The molecule has 0 amide bonds. The van der Waals surface area contributed by atoms with Crippen molar-refractivity contribution in [1.29, 1.82) is 0 Å². The van der Waals surface area contributed by atoms with Crippen LogP contribution in [0.3, 0.4) is 0 Å². The van der Waals surface area contributed by atoms with E-state index in [1.54, 1.807) is 0 Å². The SMILES string of the molecule is CC(=O)c1nn(C(C(=O)O)C(C)(C)C)c2c(C)cc(-c3cnc(C4(O[Si](C)(C)C(C)(C)C)CC4)nc3)cc12. The van der Waals surface area contributed by atoms with Gasteiger partial charge in [-0.2, -0.15) is 5.10 Å². The van der Waals surface area contributed by atoms with Crippen molar-refractivity contribution in [1.82, 2.24) is 19.7 Å². The molecule has 1 N–H and O–H groups in total. The first-order chi connectivity index (χ1) is 17.4. The number of fused-ring (bicyclic) bond motifs is 1. The largest absolute Gasteiger partial charge is 0.480 e. The van der Waals surface area contributed by atoms with Crippen molar-refractivity contribution in [3.05, 3.63) is 41.6 Å². The molecule has 0 aliphatic heterocycles. The first kappa shape index (κ1) is 28.1. The summed E-state index contributed by atoms with van der Waals surface area (Å²) in [4.78, 5) is 34.3. The Labute approximate surface area is 226 Å². The van der Waals surface area contributed by atoms with E-state index < -0.39 is 31.3 Å². The van der Waals surface area contributed by atoms with Crippen LogP contribution in [-0.4, -0.2) is 44.9 Å². The lowest BCUT2D eigenvalue weighted by molar-refractivity contribution is -0.144. The normalized spacial score (nSPS) is 16.5. The van der Waals surface area contributed by atoms with E-state index in [2.05, 4.69) is 39.0 Å². The fourth-order valence-corrected chi connectivity index (χ4v) is 6.35. The van der Waals surface area contributed by atoms with E-state index in [0.717, 1.165) is 35.4 Å². The molecule has 1 unspecified atom stereocenters. The van der Waals surface area contributed by atoms with Crippen molar-refractivity contribution in [2.24, 2.45) is 5.41 Å². The van der Waals surface area contributed by atoms with Crippen molar-refractivity contribution in [2.75, 3.05) is 0 Å². The Balaban J connectivity index is 1.76. The van der Waals surface area contributed by atoms with E-state index >= 15 is 0 Å². The minimum absolute atomic E-state index is 0.0982. The molecule has 0 saturated heterocycles. The number of carbonyl (C=O) groups is 2. The zero-order valence-corrected chi connectivity index (χ0v) is 25.3. The highest BCUT2D eigenvalue weighted by atomic mass is 28.4. The highest BCUT2D eigenvalue weighted by Crippen LogP contribution is 2.53. The number of carbonyl (C=O) groups excluding carboxylic acids is 1. The number of carboxylic acids is 1. The number of aryl methyl sites for hydroxylation is 1. The van der Waals surface area contributed by atoms with Crippen LogP contribution in [0.15, 0.2) is 24.5 Å². The Hall–Kier alpha value is -2.91. The maximum Gasteiger partial charge on any atom is 0.329 e. The number of hydrogen-bond acceptors (Lipinski definition) is 6. The van der Waals surface area contributed by atoms with Gasteiger partial charge in [0.15, 0.2) is 26.0 Å². The smallest absolute Gasteiger partial charge is 0.329 e. The Morgan fingerprint density at radius 1 is 1.05 bits per heavy atom. The van der Waals surface area contributed by atoms with E-state index in [1.807, 2.05) is 52.2 Å². The number of ketones is 1. The number of Topliss-reactive ketones (excluding diaryl/α,β-unsaturated/α-hetero) is 1. The highest BCUT2D eigenvalue weighted by molar-refractivity contribution is 6.74. The molecule has 8 nitrogen and oxygen atoms in total. The highest BCUT2D eigenvalue weighted by Gasteiger charge is 2.54. The van der Waals surface area contributed by atoms with Gasteiger partial charge >= 0.3 is 5.97 Å². The van der Waals surface area contributed by atoms with Gasteiger partial charge < -0.3 is 9.53 Å². The zero-order chi connectivity index (χ0) is 28.4. The van der Waals surface area contributed by atoms with Crippen molar-refractivity contribution >= 4 is 31.0 Å². The molecule has 4 rings (SSSR count). The summed E-state index contributed by atoms with van der Waals surface area (Å²) in [5.41, 5.74) is 2.39. The van der Waals surface area contributed by atoms with E-state index in [9.17, 15) is 14.7 Å². The Kier molecular flexibility index (Phi) is 6.72. The summed E-state index contributed by atoms with van der Waals surface area (Å²) in [6.45, 7) is 20.1. The van der Waals surface area contributed by atoms with E-state index in [-0.39, 0.29) is 16.5 Å². The lowest BCUT2D eigenvalue weighted by Gasteiger charge is -2.39. The van der Waals surface area contributed by atoms with Gasteiger partial charge in [-0.15, -0.1) is 0 Å². The molecular formula is C29H40N4O4Si. The molecule has 1 saturated carbocycles. The summed E-state index contributed by atoms with van der Waals surface area (Å²) in [5, 5.41) is 15.3. The number of hydrogen-bond donors (Lipinski definition) is 1. The maximum absolute atomic E-state index is 12.6. The molecule has 204 valence electrons. The van der Waals surface area contributed by atoms with Gasteiger partial charge in [-0.3, -0.25) is 4.79 Å². The molecule has 3 aromatic rings. The molecule has 2 heterocycles. The van der Waals surface area contributed by atoms with Gasteiger partial charge in [0.1, 0.15) is 11.3 Å². The van der Waals surface area contributed by atoms with Gasteiger partial charge in [-0.1, -0.05) is 41.5 Å². The van der Waals surface area contributed by atoms with Gasteiger partial charge in [0.25, 0.3) is 0 Å². The molecule has 9 heteroatoms. The Morgan fingerprint density at radius 2 is 1.63 bits per heavy atom. The zero-order valence-electron chi connectivity index (χ0n) is 24.3. The number of aliphatic carboxylic acids is 1. The van der Waals surface area contributed by atoms with Gasteiger partial charge in [0.2, 0.25) is 0 Å². The predicted molar refractivity (Wildman–Crippen MR) is 151 cm³/mol. The number of benzene rings is 1. The molecule has 0 spiro atoms. The van der Waals surface area contributed by atoms with Crippen molar-refractivity contribution in [3.8, 4) is 11.1 Å². The molecular weight excluding hydrogens is 496 g/mol. The fraction of sp³-hybridized carbons (Fsp3) is 0.552. The van der Waals surface area contributed by atoms with Crippen molar-refractivity contribution < 1.29 is 19.1 Å². The molecule has 0 radical (unpaired) electrons. The van der Waals surface area contributed by atoms with Crippen LogP contribution >= 0.6 is 0 Å². The third-order valence-electron chi connectivity index (χ3n) is 7.98. The first-order valence-electron chi connectivity index (χ1n) is 13.2. The molecule has 2 aromatic heterocycles. The van der Waals surface area contributed by atoms with Crippen LogP contribution in [0.5, 0.6) is 0 Å². The Bertz CT molecular complexity index is 1410. The van der Waals surface area contributed by atoms with Crippen LogP contribution in [-0.2, 0) is 14.8 Å². The van der Waals surface area contributed by atoms with Gasteiger partial charge in [-0.05, 0) is 66.6 Å². The number of rotatable bonds is 7. The predicted octanol–water partition coefficient (Wildman–Crippen LogP) is 6.69. The monoisotopic (exact) mass is 536 g/mol. The minimum Gasteiger partial charge on any atom is -0.480 e. The van der Waals surface area contributed by atoms with Crippen molar-refractivity contribution in [2.45, 2.75) is 98.0 Å². The van der Waals surface area contributed by atoms with E-state index in [1.165, 1.54) is 11.6 Å². The second-order valence-corrected chi connectivity index (χ2v) is 18.0. The van der Waals surface area contributed by atoms with Crippen LogP contribution in [0, 0.1) is 12.3 Å². The van der Waals surface area contributed by atoms with Crippen LogP contribution < -0.4 is 0 Å². The van der Waals surface area contributed by atoms with Crippen LogP contribution in [0.25, 0.3) is 22.0 Å². The van der Waals surface area contributed by atoms with E-state index in [0.29, 0.717) is 10.9 Å². The Morgan fingerprint density at radius 3 is 2.08 bits per heavy atom.